The number of hydrogen-bond acceptors (Lipinski definition) is 2. The molecular formula is C10H12F3NO2. The van der Waals surface area contributed by atoms with Gasteiger partial charge in [0, 0.05) is 24.4 Å². The molecule has 0 amide bonds. The van der Waals surface area contributed by atoms with Gasteiger partial charge in [0.05, 0.1) is 0 Å². The first-order chi connectivity index (χ1) is 7.42. The Labute approximate surface area is 90.8 Å². The molecule has 0 aromatic carbocycles. The highest BCUT2D eigenvalue weighted by atomic mass is 19.4. The highest BCUT2D eigenvalue weighted by Gasteiger charge is 2.27. The summed E-state index contributed by atoms with van der Waals surface area (Å²) in [6.45, 7) is 0.221. The molecule has 0 radical (unpaired) electrons. The summed E-state index contributed by atoms with van der Waals surface area (Å²) in [5, 5.41) is 0. The minimum Gasteiger partial charge on any atom is -0.351 e. The fourth-order valence-electron chi connectivity index (χ4n) is 1.16. The minimum atomic E-state index is -4.32. The summed E-state index contributed by atoms with van der Waals surface area (Å²) in [5.41, 5.74) is 0.484. The summed E-state index contributed by atoms with van der Waals surface area (Å²) in [6.07, 6.45) is -0.968. The lowest BCUT2D eigenvalue weighted by molar-refractivity contribution is -0.181. The van der Waals surface area contributed by atoms with Gasteiger partial charge in [0.1, 0.15) is 13.3 Å². The Balaban J connectivity index is 2.44. The number of carbonyl (C=O) groups is 1. The van der Waals surface area contributed by atoms with E-state index < -0.39 is 12.8 Å². The van der Waals surface area contributed by atoms with Crippen LogP contribution in [0.3, 0.4) is 0 Å². The number of Topliss-reactive ketones (excluding diaryl/α,β-unsaturated/α-hetero) is 1. The molecule has 0 saturated heterocycles. The Morgan fingerprint density at radius 1 is 1.50 bits per heavy atom. The maximum absolute atomic E-state index is 11.8. The third kappa shape index (κ3) is 4.06. The van der Waals surface area contributed by atoms with Gasteiger partial charge < -0.3 is 9.30 Å². The predicted octanol–water partition coefficient (Wildman–Crippen LogP) is 2.62. The van der Waals surface area contributed by atoms with Gasteiger partial charge in [-0.05, 0) is 6.07 Å². The van der Waals surface area contributed by atoms with Gasteiger partial charge >= 0.3 is 6.18 Å². The van der Waals surface area contributed by atoms with Crippen LogP contribution in [0, 0.1) is 0 Å². The fourth-order valence-corrected chi connectivity index (χ4v) is 1.16. The lowest BCUT2D eigenvalue weighted by Gasteiger charge is -2.07. The molecule has 6 heteroatoms. The number of alkyl halides is 3. The van der Waals surface area contributed by atoms with Crippen LogP contribution in [0.4, 0.5) is 13.2 Å². The van der Waals surface area contributed by atoms with Crippen LogP contribution in [0.5, 0.6) is 0 Å². The minimum absolute atomic E-state index is 0.0467. The maximum atomic E-state index is 11.8. The normalized spacial score (nSPS) is 11.8. The van der Waals surface area contributed by atoms with Crippen molar-refractivity contribution in [2.45, 2.75) is 26.3 Å². The Kier molecular flexibility index (Phi) is 4.12. The van der Waals surface area contributed by atoms with E-state index in [0.717, 1.165) is 0 Å². The molecule has 0 aliphatic heterocycles. The smallest absolute Gasteiger partial charge is 0.351 e. The van der Waals surface area contributed by atoms with Crippen LogP contribution < -0.4 is 0 Å². The van der Waals surface area contributed by atoms with Crippen LogP contribution in [-0.4, -0.2) is 23.1 Å². The van der Waals surface area contributed by atoms with Gasteiger partial charge in [-0.2, -0.15) is 13.2 Å². The third-order valence-corrected chi connectivity index (χ3v) is 1.90. The van der Waals surface area contributed by atoms with E-state index in [2.05, 4.69) is 4.74 Å². The number of carbonyl (C=O) groups excluding carboxylic acids is 1. The summed E-state index contributed by atoms with van der Waals surface area (Å²) in [5.74, 6) is -0.0467. The highest BCUT2D eigenvalue weighted by Crippen LogP contribution is 2.15. The average Bonchev–Trinajstić information content (AvgIpc) is 2.63. The van der Waals surface area contributed by atoms with Gasteiger partial charge in [0.15, 0.2) is 5.78 Å². The van der Waals surface area contributed by atoms with Gasteiger partial charge in [-0.15, -0.1) is 0 Å². The average molecular weight is 235 g/mol. The third-order valence-electron chi connectivity index (χ3n) is 1.90. The standard InChI is InChI=1S/C10H12F3NO2/c1-2-9(15)8-3-4-14(5-8)7-16-6-10(11,12)13/h3-5H,2,6-7H2,1H3. The Morgan fingerprint density at radius 3 is 2.75 bits per heavy atom. The Bertz CT molecular complexity index is 357. The second-order valence-electron chi connectivity index (χ2n) is 3.28. The first kappa shape index (κ1) is 12.8. The molecule has 0 N–H and O–H groups in total. The molecule has 0 unspecified atom stereocenters. The Hall–Kier alpha value is -1.30. The highest BCUT2D eigenvalue weighted by molar-refractivity contribution is 5.95. The molecule has 16 heavy (non-hydrogen) atoms. The number of ether oxygens (including phenoxy) is 1. The van der Waals surface area contributed by atoms with Crippen molar-refractivity contribution in [3.8, 4) is 0 Å². The van der Waals surface area contributed by atoms with Crippen molar-refractivity contribution in [2.24, 2.45) is 0 Å². The first-order valence-electron chi connectivity index (χ1n) is 4.76. The zero-order chi connectivity index (χ0) is 12.2. The summed E-state index contributed by atoms with van der Waals surface area (Å²) < 4.78 is 41.1. The lowest BCUT2D eigenvalue weighted by Crippen LogP contribution is -2.18. The largest absolute Gasteiger partial charge is 0.411 e. The van der Waals surface area contributed by atoms with Gasteiger partial charge in [0.2, 0.25) is 0 Å². The molecule has 1 aromatic heterocycles. The number of hydrogen-bond donors (Lipinski definition) is 0. The van der Waals surface area contributed by atoms with Crippen molar-refractivity contribution in [1.29, 1.82) is 0 Å². The molecule has 0 saturated carbocycles. The Morgan fingerprint density at radius 2 is 2.19 bits per heavy atom. The van der Waals surface area contributed by atoms with Crippen molar-refractivity contribution in [3.05, 3.63) is 24.0 Å². The van der Waals surface area contributed by atoms with E-state index in [9.17, 15) is 18.0 Å². The molecule has 3 nitrogen and oxygen atoms in total. The molecule has 1 heterocycles. The molecule has 1 aromatic rings. The van der Waals surface area contributed by atoms with E-state index in [0.29, 0.717) is 12.0 Å². The van der Waals surface area contributed by atoms with Crippen molar-refractivity contribution in [1.82, 2.24) is 4.57 Å². The van der Waals surface area contributed by atoms with Crippen molar-refractivity contribution in [3.63, 3.8) is 0 Å². The SMILES string of the molecule is CCC(=O)c1ccn(COCC(F)(F)F)c1. The van der Waals surface area contributed by atoms with Crippen LogP contribution in [0.25, 0.3) is 0 Å². The summed E-state index contributed by atoms with van der Waals surface area (Å²) in [7, 11) is 0. The number of aromatic nitrogens is 1. The van der Waals surface area contributed by atoms with Crippen LogP contribution >= 0.6 is 0 Å². The van der Waals surface area contributed by atoms with Crippen LogP contribution in [0.2, 0.25) is 0 Å². The number of ketones is 1. The second-order valence-corrected chi connectivity index (χ2v) is 3.28. The molecule has 0 atom stereocenters. The van der Waals surface area contributed by atoms with Gasteiger partial charge in [-0.25, -0.2) is 0 Å². The molecule has 0 aliphatic carbocycles. The summed E-state index contributed by atoms with van der Waals surface area (Å²) in [6, 6.07) is 1.56. The summed E-state index contributed by atoms with van der Waals surface area (Å²) in [4.78, 5) is 11.2. The molecule has 0 aliphatic rings. The monoisotopic (exact) mass is 235 g/mol. The van der Waals surface area contributed by atoms with Crippen LogP contribution in [0.1, 0.15) is 23.7 Å². The number of nitrogens with zero attached hydrogens (tertiary/aromatic N) is 1. The van der Waals surface area contributed by atoms with Gasteiger partial charge in [-0.3, -0.25) is 4.79 Å². The molecule has 0 spiro atoms. The molecule has 0 bridgehead atoms. The van der Waals surface area contributed by atoms with E-state index in [-0.39, 0.29) is 12.5 Å². The number of rotatable bonds is 5. The van der Waals surface area contributed by atoms with Crippen LogP contribution in [-0.2, 0) is 11.5 Å². The van der Waals surface area contributed by atoms with Crippen molar-refractivity contribution >= 4 is 5.78 Å². The zero-order valence-corrected chi connectivity index (χ0v) is 8.75. The molecule has 90 valence electrons. The second kappa shape index (κ2) is 5.16. The molecule has 1 rings (SSSR count). The summed E-state index contributed by atoms with van der Waals surface area (Å²) >= 11 is 0. The van der Waals surface area contributed by atoms with E-state index in [4.69, 9.17) is 0 Å². The van der Waals surface area contributed by atoms with E-state index in [1.165, 1.54) is 17.0 Å². The zero-order valence-electron chi connectivity index (χ0n) is 8.75. The lowest BCUT2D eigenvalue weighted by atomic mass is 10.2. The fraction of sp³-hybridized carbons (Fsp3) is 0.500. The van der Waals surface area contributed by atoms with Gasteiger partial charge in [-0.1, -0.05) is 6.92 Å². The van der Waals surface area contributed by atoms with Gasteiger partial charge in [0.25, 0.3) is 0 Å². The van der Waals surface area contributed by atoms with Crippen molar-refractivity contribution < 1.29 is 22.7 Å². The van der Waals surface area contributed by atoms with E-state index in [1.807, 2.05) is 0 Å². The van der Waals surface area contributed by atoms with E-state index in [1.54, 1.807) is 13.0 Å². The first-order valence-corrected chi connectivity index (χ1v) is 4.76. The van der Waals surface area contributed by atoms with E-state index >= 15 is 0 Å². The number of halogens is 3. The molecular weight excluding hydrogens is 223 g/mol. The van der Waals surface area contributed by atoms with Crippen molar-refractivity contribution in [2.75, 3.05) is 6.61 Å². The topological polar surface area (TPSA) is 31.2 Å². The maximum Gasteiger partial charge on any atom is 0.411 e. The molecule has 0 fully saturated rings. The van der Waals surface area contributed by atoms with Crippen LogP contribution in [0.15, 0.2) is 18.5 Å². The predicted molar refractivity (Wildman–Crippen MR) is 51.1 cm³/mol. The quantitative estimate of drug-likeness (QED) is 0.734.